The molecular formula is C13H18N4O4. The Kier molecular flexibility index (Phi) is 4.69. The highest BCUT2D eigenvalue weighted by atomic mass is 16.6. The van der Waals surface area contributed by atoms with Crippen LogP contribution in [-0.4, -0.2) is 34.0 Å². The van der Waals surface area contributed by atoms with E-state index in [4.69, 9.17) is 0 Å². The predicted octanol–water partition coefficient (Wildman–Crippen LogP) is 0.0132. The van der Waals surface area contributed by atoms with Gasteiger partial charge in [-0.3, -0.25) is 24.3 Å². The summed E-state index contributed by atoms with van der Waals surface area (Å²) in [6.07, 6.45) is 2.94. The van der Waals surface area contributed by atoms with Crippen molar-refractivity contribution < 1.29 is 9.72 Å². The zero-order chi connectivity index (χ0) is 15.4. The molecular weight excluding hydrogens is 276 g/mol. The summed E-state index contributed by atoms with van der Waals surface area (Å²) in [5.74, 6) is -0.321. The van der Waals surface area contributed by atoms with Gasteiger partial charge in [0.25, 0.3) is 11.2 Å². The second kappa shape index (κ2) is 6.49. The van der Waals surface area contributed by atoms with Gasteiger partial charge in [-0.15, -0.1) is 0 Å². The fraction of sp³-hybridized carbons (Fsp3) is 0.538. The zero-order valence-corrected chi connectivity index (χ0v) is 11.7. The summed E-state index contributed by atoms with van der Waals surface area (Å²) in [5.41, 5.74) is -0.652. The molecule has 0 aliphatic carbocycles. The van der Waals surface area contributed by atoms with Gasteiger partial charge in [0, 0.05) is 24.2 Å². The summed E-state index contributed by atoms with van der Waals surface area (Å²) in [6, 6.07) is 2.41. The number of amides is 1. The van der Waals surface area contributed by atoms with Gasteiger partial charge in [-0.25, -0.2) is 0 Å². The van der Waals surface area contributed by atoms with E-state index in [0.29, 0.717) is 0 Å². The Morgan fingerprint density at radius 2 is 2.33 bits per heavy atom. The minimum absolute atomic E-state index is 0.0145. The van der Waals surface area contributed by atoms with Crippen LogP contribution in [0.15, 0.2) is 23.1 Å². The molecule has 0 radical (unpaired) electrons. The first-order chi connectivity index (χ1) is 9.97. The lowest BCUT2D eigenvalue weighted by atomic mass is 10.00. The SMILES string of the molecule is CC1NCCCC1NC(=O)Cn1cc([N+](=O)[O-])ccc1=O. The molecule has 1 fully saturated rings. The van der Waals surface area contributed by atoms with Gasteiger partial charge < -0.3 is 10.6 Å². The Hall–Kier alpha value is -2.22. The normalized spacial score (nSPS) is 21.8. The van der Waals surface area contributed by atoms with Crippen LogP contribution >= 0.6 is 0 Å². The molecule has 8 heteroatoms. The van der Waals surface area contributed by atoms with Gasteiger partial charge in [0.05, 0.1) is 11.1 Å². The van der Waals surface area contributed by atoms with Crippen molar-refractivity contribution in [3.63, 3.8) is 0 Å². The number of piperidine rings is 1. The molecule has 2 unspecified atom stereocenters. The van der Waals surface area contributed by atoms with Crippen molar-refractivity contribution in [1.82, 2.24) is 15.2 Å². The first-order valence-corrected chi connectivity index (χ1v) is 6.85. The van der Waals surface area contributed by atoms with E-state index in [1.54, 1.807) is 0 Å². The van der Waals surface area contributed by atoms with E-state index >= 15 is 0 Å². The maximum absolute atomic E-state index is 12.0. The molecule has 0 aromatic carbocycles. The lowest BCUT2D eigenvalue weighted by Gasteiger charge is -2.30. The highest BCUT2D eigenvalue weighted by Gasteiger charge is 2.22. The number of pyridine rings is 1. The van der Waals surface area contributed by atoms with Crippen LogP contribution in [0.5, 0.6) is 0 Å². The van der Waals surface area contributed by atoms with Gasteiger partial charge in [0.1, 0.15) is 6.54 Å². The van der Waals surface area contributed by atoms with Crippen molar-refractivity contribution in [1.29, 1.82) is 0 Å². The molecule has 0 bridgehead atoms. The quantitative estimate of drug-likeness (QED) is 0.601. The van der Waals surface area contributed by atoms with E-state index in [9.17, 15) is 19.7 Å². The molecule has 1 aromatic heterocycles. The van der Waals surface area contributed by atoms with Gasteiger partial charge in [-0.1, -0.05) is 0 Å². The van der Waals surface area contributed by atoms with E-state index in [2.05, 4.69) is 10.6 Å². The van der Waals surface area contributed by atoms with Crippen molar-refractivity contribution >= 4 is 11.6 Å². The fourth-order valence-electron chi connectivity index (χ4n) is 2.40. The zero-order valence-electron chi connectivity index (χ0n) is 11.7. The van der Waals surface area contributed by atoms with Crippen molar-refractivity contribution in [3.8, 4) is 0 Å². The third-order valence-electron chi connectivity index (χ3n) is 3.60. The van der Waals surface area contributed by atoms with Crippen LogP contribution in [0.1, 0.15) is 19.8 Å². The van der Waals surface area contributed by atoms with Crippen LogP contribution < -0.4 is 16.2 Å². The lowest BCUT2D eigenvalue weighted by Crippen LogP contribution is -2.52. The first kappa shape index (κ1) is 15.2. The van der Waals surface area contributed by atoms with Crippen LogP contribution in [0.25, 0.3) is 0 Å². The molecule has 0 saturated carbocycles. The van der Waals surface area contributed by atoms with Gasteiger partial charge in [0.2, 0.25) is 5.91 Å². The summed E-state index contributed by atoms with van der Waals surface area (Å²) in [6.45, 7) is 2.70. The maximum atomic E-state index is 12.0. The van der Waals surface area contributed by atoms with Crippen LogP contribution in [-0.2, 0) is 11.3 Å². The van der Waals surface area contributed by atoms with E-state index < -0.39 is 10.5 Å². The van der Waals surface area contributed by atoms with Crippen molar-refractivity contribution in [3.05, 3.63) is 38.8 Å². The molecule has 8 nitrogen and oxygen atoms in total. The third kappa shape index (κ3) is 3.88. The molecule has 21 heavy (non-hydrogen) atoms. The van der Waals surface area contributed by atoms with Crippen molar-refractivity contribution in [2.75, 3.05) is 6.54 Å². The summed E-state index contributed by atoms with van der Waals surface area (Å²) in [7, 11) is 0. The third-order valence-corrected chi connectivity index (χ3v) is 3.60. The Morgan fingerprint density at radius 3 is 3.00 bits per heavy atom. The highest BCUT2D eigenvalue weighted by Crippen LogP contribution is 2.09. The average Bonchev–Trinajstić information content (AvgIpc) is 2.43. The molecule has 1 aliphatic heterocycles. The molecule has 1 aromatic rings. The Balaban J connectivity index is 2.03. The number of rotatable bonds is 4. The number of aromatic nitrogens is 1. The minimum Gasteiger partial charge on any atom is -0.350 e. The number of hydrogen-bond donors (Lipinski definition) is 2. The number of nitrogens with one attached hydrogen (secondary N) is 2. The highest BCUT2D eigenvalue weighted by molar-refractivity contribution is 5.76. The van der Waals surface area contributed by atoms with Gasteiger partial charge >= 0.3 is 0 Å². The van der Waals surface area contributed by atoms with Crippen LogP contribution in [0.3, 0.4) is 0 Å². The minimum atomic E-state index is -0.596. The Bertz CT molecular complexity index is 598. The Labute approximate surface area is 121 Å². The van der Waals surface area contributed by atoms with Crippen molar-refractivity contribution in [2.24, 2.45) is 0 Å². The summed E-state index contributed by atoms with van der Waals surface area (Å²) in [4.78, 5) is 33.7. The van der Waals surface area contributed by atoms with E-state index in [1.165, 1.54) is 0 Å². The number of carbonyl (C=O) groups excluding carboxylic acids is 1. The average molecular weight is 294 g/mol. The standard InChI is InChI=1S/C13H18N4O4/c1-9-11(3-2-6-14-9)15-12(18)8-16-7-10(17(20)21)4-5-13(16)19/h4-5,7,9,11,14H,2-3,6,8H2,1H3,(H,15,18). The van der Waals surface area contributed by atoms with Crippen LogP contribution in [0, 0.1) is 10.1 Å². The van der Waals surface area contributed by atoms with Gasteiger partial charge in [-0.05, 0) is 26.3 Å². The molecule has 0 spiro atoms. The Morgan fingerprint density at radius 1 is 1.57 bits per heavy atom. The molecule has 1 amide bonds. The second-order valence-electron chi connectivity index (χ2n) is 5.17. The molecule has 1 aliphatic rings. The smallest absolute Gasteiger partial charge is 0.285 e. The van der Waals surface area contributed by atoms with Gasteiger partial charge in [0.15, 0.2) is 0 Å². The van der Waals surface area contributed by atoms with Crippen molar-refractivity contribution in [2.45, 2.75) is 38.4 Å². The molecule has 114 valence electrons. The summed E-state index contributed by atoms with van der Waals surface area (Å²) < 4.78 is 1.05. The van der Waals surface area contributed by atoms with Crippen LogP contribution in [0.4, 0.5) is 5.69 Å². The number of hydrogen-bond acceptors (Lipinski definition) is 5. The van der Waals surface area contributed by atoms with E-state index in [0.717, 1.165) is 42.3 Å². The predicted molar refractivity (Wildman–Crippen MR) is 76.0 cm³/mol. The largest absolute Gasteiger partial charge is 0.350 e. The fourth-order valence-corrected chi connectivity index (χ4v) is 2.40. The first-order valence-electron chi connectivity index (χ1n) is 6.85. The molecule has 1 saturated heterocycles. The van der Waals surface area contributed by atoms with Crippen LogP contribution in [0.2, 0.25) is 0 Å². The number of nitro groups is 1. The molecule has 2 atom stereocenters. The van der Waals surface area contributed by atoms with Gasteiger partial charge in [-0.2, -0.15) is 0 Å². The monoisotopic (exact) mass is 294 g/mol. The number of nitrogens with zero attached hydrogens (tertiary/aromatic N) is 2. The maximum Gasteiger partial charge on any atom is 0.285 e. The number of carbonyl (C=O) groups is 1. The topological polar surface area (TPSA) is 106 Å². The molecule has 2 rings (SSSR count). The lowest BCUT2D eigenvalue weighted by molar-refractivity contribution is -0.385. The van der Waals surface area contributed by atoms with E-state index in [1.807, 2.05) is 6.92 Å². The summed E-state index contributed by atoms with van der Waals surface area (Å²) in [5, 5.41) is 16.8. The van der Waals surface area contributed by atoms with E-state index in [-0.39, 0.29) is 30.2 Å². The summed E-state index contributed by atoms with van der Waals surface area (Å²) >= 11 is 0. The second-order valence-corrected chi connectivity index (χ2v) is 5.17. The molecule has 2 N–H and O–H groups in total. The molecule has 2 heterocycles.